The van der Waals surface area contributed by atoms with Crippen LogP contribution < -0.4 is 5.56 Å². The van der Waals surface area contributed by atoms with Crippen LogP contribution in [0.2, 0.25) is 5.02 Å². The van der Waals surface area contributed by atoms with E-state index >= 15 is 0 Å². The van der Waals surface area contributed by atoms with Crippen LogP contribution in [0.25, 0.3) is 32.7 Å². The molecule has 0 spiro atoms. The van der Waals surface area contributed by atoms with Crippen LogP contribution in [0.4, 0.5) is 0 Å². The number of piperidine rings is 1. The van der Waals surface area contributed by atoms with E-state index in [2.05, 4.69) is 11.9 Å². The standard InChI is InChI=1S/C24H22ClN3OS/c1-27-13-11-17(12-14-27)28-22(18-9-5-6-10-20(18)25)26-23-21(24(28)29)19(15-30-23)16-7-3-2-4-8-16/h2-10,15,17H,11-14H2,1H3. The van der Waals surface area contributed by atoms with E-state index in [0.29, 0.717) is 16.2 Å². The number of aromatic nitrogens is 2. The van der Waals surface area contributed by atoms with Gasteiger partial charge in [-0.15, -0.1) is 11.3 Å². The van der Waals surface area contributed by atoms with E-state index in [0.717, 1.165) is 47.5 Å². The smallest absolute Gasteiger partial charge is 0.263 e. The zero-order valence-electron chi connectivity index (χ0n) is 16.7. The molecule has 3 heterocycles. The number of likely N-dealkylation sites (tertiary alicyclic amines) is 1. The average molecular weight is 436 g/mol. The normalized spacial score (nSPS) is 15.7. The van der Waals surface area contributed by atoms with Gasteiger partial charge in [0.2, 0.25) is 0 Å². The molecule has 5 rings (SSSR count). The lowest BCUT2D eigenvalue weighted by molar-refractivity contribution is 0.219. The third kappa shape index (κ3) is 3.37. The summed E-state index contributed by atoms with van der Waals surface area (Å²) in [5.74, 6) is 0.675. The van der Waals surface area contributed by atoms with E-state index < -0.39 is 0 Å². The summed E-state index contributed by atoms with van der Waals surface area (Å²) < 4.78 is 1.91. The second-order valence-electron chi connectivity index (χ2n) is 7.82. The first-order valence-corrected chi connectivity index (χ1v) is 11.4. The van der Waals surface area contributed by atoms with Crippen LogP contribution in [0.3, 0.4) is 0 Å². The number of nitrogens with zero attached hydrogens (tertiary/aromatic N) is 3. The Morgan fingerprint density at radius 3 is 2.43 bits per heavy atom. The van der Waals surface area contributed by atoms with Crippen LogP contribution in [0.5, 0.6) is 0 Å². The molecular formula is C24H22ClN3OS. The Balaban J connectivity index is 1.78. The first kappa shape index (κ1) is 19.5. The summed E-state index contributed by atoms with van der Waals surface area (Å²) in [4.78, 5) is 22.0. The molecule has 30 heavy (non-hydrogen) atoms. The van der Waals surface area contributed by atoms with Crippen molar-refractivity contribution in [1.29, 1.82) is 0 Å². The summed E-state index contributed by atoms with van der Waals surface area (Å²) in [5, 5.41) is 3.37. The van der Waals surface area contributed by atoms with Crippen LogP contribution in [0.1, 0.15) is 18.9 Å². The summed E-state index contributed by atoms with van der Waals surface area (Å²) in [6.07, 6.45) is 1.84. The molecule has 0 saturated carbocycles. The van der Waals surface area contributed by atoms with Gasteiger partial charge in [0.15, 0.2) is 0 Å². The van der Waals surface area contributed by atoms with Gasteiger partial charge in [0.1, 0.15) is 10.7 Å². The molecule has 2 aromatic heterocycles. The SMILES string of the molecule is CN1CCC(n2c(-c3ccccc3Cl)nc3scc(-c4ccccc4)c3c2=O)CC1. The van der Waals surface area contributed by atoms with Gasteiger partial charge in [-0.2, -0.15) is 0 Å². The second kappa shape index (κ2) is 7.99. The minimum absolute atomic E-state index is 0.0320. The Bertz CT molecular complexity index is 1260. The molecular weight excluding hydrogens is 414 g/mol. The molecule has 4 aromatic rings. The van der Waals surface area contributed by atoms with Gasteiger partial charge in [-0.25, -0.2) is 4.98 Å². The fourth-order valence-corrected chi connectivity index (χ4v) is 5.42. The van der Waals surface area contributed by atoms with Crippen molar-refractivity contribution in [1.82, 2.24) is 14.5 Å². The quantitative estimate of drug-likeness (QED) is 0.413. The predicted molar refractivity (Wildman–Crippen MR) is 126 cm³/mol. The fourth-order valence-electron chi connectivity index (χ4n) is 4.26. The van der Waals surface area contributed by atoms with Gasteiger partial charge >= 0.3 is 0 Å². The molecule has 0 unspecified atom stereocenters. The van der Waals surface area contributed by atoms with Crippen molar-refractivity contribution in [2.24, 2.45) is 0 Å². The van der Waals surface area contributed by atoms with E-state index in [1.54, 1.807) is 0 Å². The van der Waals surface area contributed by atoms with Crippen LogP contribution in [-0.4, -0.2) is 34.6 Å². The predicted octanol–water partition coefficient (Wildman–Crippen LogP) is 5.71. The first-order chi connectivity index (χ1) is 14.6. The minimum Gasteiger partial charge on any atom is -0.306 e. The molecule has 1 saturated heterocycles. The van der Waals surface area contributed by atoms with Crippen molar-refractivity contribution < 1.29 is 0 Å². The Hall–Kier alpha value is -2.47. The molecule has 0 amide bonds. The lowest BCUT2D eigenvalue weighted by atomic mass is 10.0. The van der Waals surface area contributed by atoms with Gasteiger partial charge < -0.3 is 4.90 Å². The summed E-state index contributed by atoms with van der Waals surface area (Å²) >= 11 is 8.05. The van der Waals surface area contributed by atoms with Crippen molar-refractivity contribution in [3.8, 4) is 22.5 Å². The van der Waals surface area contributed by atoms with Crippen LogP contribution in [0.15, 0.2) is 64.8 Å². The molecule has 0 radical (unpaired) electrons. The van der Waals surface area contributed by atoms with Crippen molar-refractivity contribution in [3.05, 3.63) is 75.4 Å². The minimum atomic E-state index is 0.0320. The zero-order chi connectivity index (χ0) is 20.7. The molecule has 1 fully saturated rings. The fraction of sp³-hybridized carbons (Fsp3) is 0.250. The highest BCUT2D eigenvalue weighted by molar-refractivity contribution is 7.17. The lowest BCUT2D eigenvalue weighted by Gasteiger charge is -2.31. The van der Waals surface area contributed by atoms with Gasteiger partial charge in [-0.3, -0.25) is 9.36 Å². The maximum atomic E-state index is 13.9. The van der Waals surface area contributed by atoms with Crippen molar-refractivity contribution in [2.45, 2.75) is 18.9 Å². The number of halogens is 1. The zero-order valence-corrected chi connectivity index (χ0v) is 18.3. The van der Waals surface area contributed by atoms with Crippen molar-refractivity contribution >= 4 is 33.2 Å². The highest BCUT2D eigenvalue weighted by atomic mass is 35.5. The second-order valence-corrected chi connectivity index (χ2v) is 9.09. The van der Waals surface area contributed by atoms with Crippen molar-refractivity contribution in [3.63, 3.8) is 0 Å². The number of hydrogen-bond donors (Lipinski definition) is 0. The van der Waals surface area contributed by atoms with E-state index in [9.17, 15) is 4.79 Å². The molecule has 0 aliphatic carbocycles. The average Bonchev–Trinajstić information content (AvgIpc) is 3.20. The van der Waals surface area contributed by atoms with Crippen LogP contribution >= 0.6 is 22.9 Å². The number of thiophene rings is 1. The van der Waals surface area contributed by atoms with E-state index in [1.165, 1.54) is 11.3 Å². The van der Waals surface area contributed by atoms with E-state index in [1.807, 2.05) is 64.5 Å². The van der Waals surface area contributed by atoms with Crippen LogP contribution in [0, 0.1) is 0 Å². The monoisotopic (exact) mass is 435 g/mol. The Labute approximate surface area is 184 Å². The molecule has 6 heteroatoms. The Morgan fingerprint density at radius 2 is 1.70 bits per heavy atom. The molecule has 0 atom stereocenters. The first-order valence-electron chi connectivity index (χ1n) is 10.2. The number of hydrogen-bond acceptors (Lipinski definition) is 4. The molecule has 2 aromatic carbocycles. The molecule has 0 N–H and O–H groups in total. The molecule has 0 bridgehead atoms. The number of benzene rings is 2. The maximum absolute atomic E-state index is 13.9. The summed E-state index contributed by atoms with van der Waals surface area (Å²) in [7, 11) is 2.13. The van der Waals surface area contributed by atoms with Gasteiger partial charge in [0.05, 0.1) is 10.4 Å². The van der Waals surface area contributed by atoms with Crippen LogP contribution in [-0.2, 0) is 0 Å². The van der Waals surface area contributed by atoms with Crippen molar-refractivity contribution in [2.75, 3.05) is 20.1 Å². The largest absolute Gasteiger partial charge is 0.306 e. The summed E-state index contributed by atoms with van der Waals surface area (Å²) in [6.45, 7) is 1.93. The van der Waals surface area contributed by atoms with Gasteiger partial charge in [-0.1, -0.05) is 54.1 Å². The lowest BCUT2D eigenvalue weighted by Crippen LogP contribution is -2.36. The molecule has 1 aliphatic rings. The third-order valence-electron chi connectivity index (χ3n) is 5.89. The number of fused-ring (bicyclic) bond motifs is 1. The van der Waals surface area contributed by atoms with Gasteiger partial charge in [0.25, 0.3) is 5.56 Å². The van der Waals surface area contributed by atoms with E-state index in [-0.39, 0.29) is 11.6 Å². The molecule has 1 aliphatic heterocycles. The van der Waals surface area contributed by atoms with Gasteiger partial charge in [-0.05, 0) is 50.7 Å². The summed E-state index contributed by atoms with van der Waals surface area (Å²) in [6, 6.07) is 17.8. The molecule has 152 valence electrons. The highest BCUT2D eigenvalue weighted by Gasteiger charge is 2.26. The third-order valence-corrected chi connectivity index (χ3v) is 7.09. The highest BCUT2D eigenvalue weighted by Crippen LogP contribution is 2.36. The van der Waals surface area contributed by atoms with Gasteiger partial charge in [0, 0.05) is 22.5 Å². The molecule has 4 nitrogen and oxygen atoms in total. The maximum Gasteiger partial charge on any atom is 0.263 e. The summed E-state index contributed by atoms with van der Waals surface area (Å²) in [5.41, 5.74) is 2.85. The Kier molecular flexibility index (Phi) is 5.19. The Morgan fingerprint density at radius 1 is 1.00 bits per heavy atom. The number of rotatable bonds is 3. The topological polar surface area (TPSA) is 38.1 Å². The van der Waals surface area contributed by atoms with E-state index in [4.69, 9.17) is 16.6 Å².